The normalized spacial score (nSPS) is 28.1. The molecule has 0 aliphatic heterocycles. The molecule has 1 aromatic rings. The smallest absolute Gasteiger partial charge is 0.219 e. The van der Waals surface area contributed by atoms with E-state index in [9.17, 15) is 20.1 Å². The number of aliphatic hydroxyl groups is 3. The van der Waals surface area contributed by atoms with Crippen molar-refractivity contribution in [2.24, 2.45) is 11.8 Å². The van der Waals surface area contributed by atoms with Crippen LogP contribution in [-0.4, -0.2) is 46.1 Å². The van der Waals surface area contributed by atoms with Crippen molar-refractivity contribution in [3.8, 4) is 0 Å². The van der Waals surface area contributed by atoms with Crippen LogP contribution in [0.5, 0.6) is 0 Å². The third-order valence-electron chi connectivity index (χ3n) is 5.38. The third kappa shape index (κ3) is 8.42. The zero-order chi connectivity index (χ0) is 25.4. The molecule has 0 aromatic heterocycles. The van der Waals surface area contributed by atoms with Gasteiger partial charge >= 0.3 is 0 Å². The summed E-state index contributed by atoms with van der Waals surface area (Å²) < 4.78 is 32.2. The average molecular weight is 420 g/mol. The van der Waals surface area contributed by atoms with Crippen molar-refractivity contribution in [1.29, 1.82) is 0 Å². The molecule has 2 rings (SSSR count). The van der Waals surface area contributed by atoms with Gasteiger partial charge in [0.15, 0.2) is 0 Å². The molecule has 1 aromatic carbocycles. The third-order valence-corrected chi connectivity index (χ3v) is 5.38. The van der Waals surface area contributed by atoms with Gasteiger partial charge in [0.1, 0.15) is 0 Å². The van der Waals surface area contributed by atoms with Crippen LogP contribution < -0.4 is 5.32 Å². The molecule has 1 fully saturated rings. The van der Waals surface area contributed by atoms with E-state index < -0.39 is 55.2 Å². The molecule has 5 heteroatoms. The fourth-order valence-corrected chi connectivity index (χ4v) is 3.75. The second-order valence-corrected chi connectivity index (χ2v) is 7.68. The Hall–Kier alpha value is -1.95. The van der Waals surface area contributed by atoms with Gasteiger partial charge in [0.05, 0.1) is 18.3 Å². The SMILES string of the molecule is [2H]C([2H])(/C=C\C[C@@H]1[C@@H](/C=C/[C@@H](O)CCc2ccccc2)[C@H](O)C[C@@H]1O)C([2H])([2H])CC(=O)NCC. The molecule has 0 saturated heterocycles. The van der Waals surface area contributed by atoms with E-state index in [4.69, 9.17) is 5.48 Å². The first-order valence-electron chi connectivity index (χ1n) is 12.7. The minimum atomic E-state index is -2.40. The standard InChI is InChI=1S/C25H37NO4/c1-2-26-25(30)13-9-4-3-8-12-21-22(24(29)18-23(21)28)17-16-20(27)15-14-19-10-6-5-7-11-19/h3,5-8,10-11,16-17,20-24,27-29H,2,4,9,12-15,18H2,1H3,(H,26,30)/b8-3-,17-16+/t20-,21+,22+,23-,24+/m0/s1/i4D2,9D2. The fraction of sp³-hybridized carbons (Fsp3) is 0.560. The maximum atomic E-state index is 11.7. The van der Waals surface area contributed by atoms with E-state index in [1.54, 1.807) is 19.1 Å². The minimum Gasteiger partial charge on any atom is -0.393 e. The van der Waals surface area contributed by atoms with Crippen LogP contribution in [0.25, 0.3) is 0 Å². The zero-order valence-electron chi connectivity index (χ0n) is 21.6. The molecule has 0 unspecified atom stereocenters. The highest BCUT2D eigenvalue weighted by Crippen LogP contribution is 2.36. The Morgan fingerprint density at radius 3 is 2.77 bits per heavy atom. The number of aliphatic hydroxyl groups excluding tert-OH is 3. The molecule has 5 atom stereocenters. The Morgan fingerprint density at radius 2 is 2.03 bits per heavy atom. The number of aryl methyl sites for hydroxylation is 1. The lowest BCUT2D eigenvalue weighted by Gasteiger charge is -2.19. The van der Waals surface area contributed by atoms with Crippen molar-refractivity contribution in [1.82, 2.24) is 5.32 Å². The molecule has 30 heavy (non-hydrogen) atoms. The van der Waals surface area contributed by atoms with Crippen LogP contribution in [0.15, 0.2) is 54.6 Å². The second-order valence-electron chi connectivity index (χ2n) is 7.68. The zero-order valence-corrected chi connectivity index (χ0v) is 17.6. The van der Waals surface area contributed by atoms with Crippen molar-refractivity contribution in [2.45, 2.75) is 70.1 Å². The first-order valence-corrected chi connectivity index (χ1v) is 10.7. The molecule has 1 aliphatic rings. The highest BCUT2D eigenvalue weighted by atomic mass is 16.3. The molecule has 0 spiro atoms. The molecule has 1 aliphatic carbocycles. The number of allylic oxidation sites excluding steroid dienone is 2. The van der Waals surface area contributed by atoms with Crippen LogP contribution >= 0.6 is 0 Å². The van der Waals surface area contributed by atoms with Crippen molar-refractivity contribution < 1.29 is 25.6 Å². The van der Waals surface area contributed by atoms with Gasteiger partial charge in [-0.3, -0.25) is 4.79 Å². The van der Waals surface area contributed by atoms with Crippen molar-refractivity contribution >= 4 is 5.91 Å². The van der Waals surface area contributed by atoms with Crippen molar-refractivity contribution in [3.05, 3.63) is 60.2 Å². The molecular weight excluding hydrogens is 378 g/mol. The summed E-state index contributed by atoms with van der Waals surface area (Å²) in [6, 6.07) is 9.81. The summed E-state index contributed by atoms with van der Waals surface area (Å²) in [5.41, 5.74) is 1.12. The van der Waals surface area contributed by atoms with E-state index in [0.29, 0.717) is 19.4 Å². The second kappa shape index (κ2) is 13.4. The van der Waals surface area contributed by atoms with Crippen LogP contribution in [-0.2, 0) is 11.2 Å². The summed E-state index contributed by atoms with van der Waals surface area (Å²) in [6.07, 6.45) is -0.117. The van der Waals surface area contributed by atoms with Gasteiger partial charge in [0.25, 0.3) is 0 Å². The Kier molecular flexibility index (Phi) is 8.38. The highest BCUT2D eigenvalue weighted by molar-refractivity contribution is 5.75. The van der Waals surface area contributed by atoms with Gasteiger partial charge in [-0.25, -0.2) is 0 Å². The lowest BCUT2D eigenvalue weighted by atomic mass is 9.89. The summed E-state index contributed by atoms with van der Waals surface area (Å²) in [4.78, 5) is 11.7. The molecule has 1 saturated carbocycles. The molecule has 0 bridgehead atoms. The number of amides is 1. The first kappa shape index (κ1) is 18.8. The summed E-state index contributed by atoms with van der Waals surface area (Å²) >= 11 is 0. The van der Waals surface area contributed by atoms with Crippen molar-refractivity contribution in [3.63, 3.8) is 0 Å². The number of carbonyl (C=O) groups is 1. The molecule has 0 radical (unpaired) electrons. The first-order chi connectivity index (χ1) is 16.0. The van der Waals surface area contributed by atoms with E-state index >= 15 is 0 Å². The van der Waals surface area contributed by atoms with Crippen LogP contribution in [0, 0.1) is 11.8 Å². The molecule has 5 nitrogen and oxygen atoms in total. The Balaban J connectivity index is 1.97. The summed E-state index contributed by atoms with van der Waals surface area (Å²) in [5.74, 6) is -1.37. The summed E-state index contributed by atoms with van der Waals surface area (Å²) in [7, 11) is 0. The Labute approximate surface area is 186 Å². The average Bonchev–Trinajstić information content (AvgIpc) is 3.03. The molecular formula is C25H37NO4. The van der Waals surface area contributed by atoms with Gasteiger partial charge in [-0.05, 0) is 50.4 Å². The fourth-order valence-electron chi connectivity index (χ4n) is 3.75. The Morgan fingerprint density at radius 1 is 1.27 bits per heavy atom. The maximum absolute atomic E-state index is 11.7. The number of nitrogens with one attached hydrogen (secondary N) is 1. The van der Waals surface area contributed by atoms with E-state index in [2.05, 4.69) is 5.32 Å². The van der Waals surface area contributed by atoms with Gasteiger partial charge < -0.3 is 20.6 Å². The summed E-state index contributed by atoms with van der Waals surface area (Å²) in [5, 5.41) is 33.6. The molecule has 4 N–H and O–H groups in total. The lowest BCUT2D eigenvalue weighted by Crippen LogP contribution is -2.21. The lowest BCUT2D eigenvalue weighted by molar-refractivity contribution is -0.121. The van der Waals surface area contributed by atoms with Gasteiger partial charge in [-0.2, -0.15) is 0 Å². The van der Waals surface area contributed by atoms with E-state index in [-0.39, 0.29) is 12.8 Å². The monoisotopic (exact) mass is 419 g/mol. The van der Waals surface area contributed by atoms with Crippen molar-refractivity contribution in [2.75, 3.05) is 6.54 Å². The highest BCUT2D eigenvalue weighted by Gasteiger charge is 2.39. The number of rotatable bonds is 12. The van der Waals surface area contributed by atoms with Gasteiger partial charge in [0, 0.05) is 30.8 Å². The minimum absolute atomic E-state index is 0.179. The molecule has 0 heterocycles. The number of hydrogen-bond donors (Lipinski definition) is 4. The number of benzene rings is 1. The largest absolute Gasteiger partial charge is 0.393 e. The van der Waals surface area contributed by atoms with Crippen LogP contribution in [0.4, 0.5) is 0 Å². The predicted octanol–water partition coefficient (Wildman–Crippen LogP) is 3.15. The number of carbonyl (C=O) groups excluding carboxylic acids is 1. The molecule has 1 amide bonds. The quantitative estimate of drug-likeness (QED) is 0.392. The summed E-state index contributed by atoms with van der Waals surface area (Å²) in [6.45, 7) is 2.04. The van der Waals surface area contributed by atoms with Gasteiger partial charge in [0.2, 0.25) is 5.91 Å². The van der Waals surface area contributed by atoms with Gasteiger partial charge in [-0.15, -0.1) is 0 Å². The number of hydrogen-bond acceptors (Lipinski definition) is 4. The molecule has 166 valence electrons. The van der Waals surface area contributed by atoms with Crippen LogP contribution in [0.1, 0.15) is 56.4 Å². The predicted molar refractivity (Wildman–Crippen MR) is 120 cm³/mol. The van der Waals surface area contributed by atoms with E-state index in [0.717, 1.165) is 11.6 Å². The maximum Gasteiger partial charge on any atom is 0.219 e. The Bertz CT molecular complexity index is 831. The topological polar surface area (TPSA) is 89.8 Å². The van der Waals surface area contributed by atoms with Gasteiger partial charge in [-0.1, -0.05) is 54.6 Å². The van der Waals surface area contributed by atoms with Crippen LogP contribution in [0.3, 0.4) is 0 Å². The van der Waals surface area contributed by atoms with E-state index in [1.165, 1.54) is 6.08 Å². The van der Waals surface area contributed by atoms with Crippen LogP contribution in [0.2, 0.25) is 0 Å². The van der Waals surface area contributed by atoms with E-state index in [1.807, 2.05) is 30.3 Å².